The van der Waals surface area contributed by atoms with E-state index in [0.29, 0.717) is 0 Å². The van der Waals surface area contributed by atoms with Crippen molar-refractivity contribution in [2.45, 2.75) is 352 Å². The maximum atomic E-state index is 12.7. The highest BCUT2D eigenvalue weighted by molar-refractivity contribution is 5.78. The molecule has 0 radical (unpaired) electrons. The quantitative estimate of drug-likeness (QED) is 0.0548. The van der Waals surface area contributed by atoms with E-state index in [4.69, 9.17) is 23.7 Å². The van der Waals surface area contributed by atoms with Crippen LogP contribution in [0.1, 0.15) is 349 Å². The molecule has 5 aliphatic carbocycles. The number of hydrogen-bond donors (Lipinski definition) is 0. The third-order valence-electron chi connectivity index (χ3n) is 24.5. The van der Waals surface area contributed by atoms with Gasteiger partial charge in [0.25, 0.3) is 0 Å². The van der Waals surface area contributed by atoms with E-state index in [1.807, 2.05) is 140 Å². The molecule has 10 nitrogen and oxygen atoms in total. The molecule has 5 aromatic rings. The number of benzene rings is 5. The van der Waals surface area contributed by atoms with Crippen molar-refractivity contribution in [2.75, 3.05) is 0 Å². The first-order chi connectivity index (χ1) is 48.9. The summed E-state index contributed by atoms with van der Waals surface area (Å²) in [6.07, 6.45) is 28.5. The van der Waals surface area contributed by atoms with E-state index in [2.05, 4.69) is 132 Å². The Morgan fingerprint density at radius 1 is 0.260 bits per heavy atom. The topological polar surface area (TPSA) is 132 Å². The standard InChI is InChI=1S/C22H34O2.C19H28O2.2C18H26O2.C17H24O2/c1-7-21(5,6)19(23)24-22(15-9-8-10-16-22)18-13-11-17(12-14-18)20(2,3)4;1-5-18(3,4)17(20)21-19(13-7-6-8-14-19)16-11-9-15(2)10-12-16;1-5-17(3,4)16(19)20-18(12-6-7-13-18)15-10-8-14(2)9-11-15;1-4-17(2,3)16(19)20-18(13-9-6-10-14-18)15-11-7-5-8-12-15;1-4-16(2,3)15(18)19-17(12-8-9-13-17)14-10-6-5-7-11-14/h11-14H,7-10,15-16H2,1-6H3;9-12H,5-8,13-14H2,1-4H3;8-11H,5-7,12-13H2,1-4H3;5,7-8,11-12H,4,6,9-10,13-14H2,1-3H3;5-7,10-11H,4,8-9,12-13H2,1-3H3. The second kappa shape index (κ2) is 37.3. The van der Waals surface area contributed by atoms with E-state index in [0.717, 1.165) is 188 Å². The predicted molar refractivity (Wildman–Crippen MR) is 426 cm³/mol. The molecule has 5 saturated carbocycles. The Balaban J connectivity index is 0.000000204. The summed E-state index contributed by atoms with van der Waals surface area (Å²) in [5, 5.41) is 0. The summed E-state index contributed by atoms with van der Waals surface area (Å²) in [4.78, 5) is 62.7. The van der Waals surface area contributed by atoms with Crippen molar-refractivity contribution in [1.29, 1.82) is 0 Å². The number of rotatable bonds is 20. The van der Waals surface area contributed by atoms with Crippen LogP contribution in [-0.2, 0) is 81.1 Å². The van der Waals surface area contributed by atoms with Crippen LogP contribution in [0.2, 0.25) is 0 Å². The Kier molecular flexibility index (Phi) is 31.0. The molecule has 5 aromatic carbocycles. The van der Waals surface area contributed by atoms with Gasteiger partial charge in [0.05, 0.1) is 27.1 Å². The molecule has 5 aliphatic rings. The molecular formula is C94H138O10. The van der Waals surface area contributed by atoms with Gasteiger partial charge in [-0.1, -0.05) is 219 Å². The van der Waals surface area contributed by atoms with Gasteiger partial charge in [0.1, 0.15) is 28.0 Å². The molecule has 0 spiro atoms. The smallest absolute Gasteiger partial charge is 0.312 e. The molecule has 104 heavy (non-hydrogen) atoms. The highest BCUT2D eigenvalue weighted by atomic mass is 16.6. The monoisotopic (exact) mass is 1430 g/mol. The van der Waals surface area contributed by atoms with Gasteiger partial charge in [0, 0.05) is 0 Å². The summed E-state index contributed by atoms with van der Waals surface area (Å²) in [6.45, 7) is 40.7. The van der Waals surface area contributed by atoms with Crippen molar-refractivity contribution in [2.24, 2.45) is 27.1 Å². The Labute approximate surface area is 630 Å². The molecule has 10 heteroatoms. The number of esters is 5. The number of aryl methyl sites for hydroxylation is 2. The van der Waals surface area contributed by atoms with Crippen LogP contribution in [0.5, 0.6) is 0 Å². The van der Waals surface area contributed by atoms with Crippen molar-refractivity contribution >= 4 is 29.8 Å². The van der Waals surface area contributed by atoms with E-state index in [9.17, 15) is 24.0 Å². The average molecular weight is 1430 g/mol. The van der Waals surface area contributed by atoms with Crippen molar-refractivity contribution in [3.63, 3.8) is 0 Å². The second-order valence-corrected chi connectivity index (χ2v) is 35.5. The van der Waals surface area contributed by atoms with Gasteiger partial charge >= 0.3 is 29.8 Å². The number of hydrogen-bond acceptors (Lipinski definition) is 10. The maximum Gasteiger partial charge on any atom is 0.312 e. The highest BCUT2D eigenvalue weighted by Gasteiger charge is 2.47. The van der Waals surface area contributed by atoms with Gasteiger partial charge < -0.3 is 23.7 Å². The van der Waals surface area contributed by atoms with Crippen LogP contribution in [0.15, 0.2) is 133 Å². The number of carbonyl (C=O) groups excluding carboxylic acids is 5. The number of carbonyl (C=O) groups is 5. The third kappa shape index (κ3) is 22.8. The molecule has 0 N–H and O–H groups in total. The lowest BCUT2D eigenvalue weighted by atomic mass is 9.77. The molecule has 0 bridgehead atoms. The van der Waals surface area contributed by atoms with E-state index in [1.165, 1.54) is 36.0 Å². The third-order valence-corrected chi connectivity index (χ3v) is 24.5. The molecule has 0 amide bonds. The Bertz CT molecular complexity index is 3440. The van der Waals surface area contributed by atoms with E-state index in [1.54, 1.807) is 0 Å². The van der Waals surface area contributed by atoms with E-state index in [-0.39, 0.29) is 40.9 Å². The van der Waals surface area contributed by atoms with E-state index >= 15 is 0 Å². The molecular weight excluding hydrogens is 1290 g/mol. The molecule has 0 atom stereocenters. The lowest BCUT2D eigenvalue weighted by Crippen LogP contribution is -2.39. The summed E-state index contributed by atoms with van der Waals surface area (Å²) < 4.78 is 30.5. The minimum atomic E-state index is -0.432. The fourth-order valence-corrected chi connectivity index (χ4v) is 14.3. The van der Waals surface area contributed by atoms with Gasteiger partial charge in [-0.3, -0.25) is 24.0 Å². The van der Waals surface area contributed by atoms with Crippen molar-refractivity contribution in [3.05, 3.63) is 178 Å². The zero-order valence-corrected chi connectivity index (χ0v) is 68.6. The first-order valence-electron chi connectivity index (χ1n) is 40.4. The van der Waals surface area contributed by atoms with Crippen LogP contribution >= 0.6 is 0 Å². The molecule has 0 aromatic heterocycles. The first-order valence-corrected chi connectivity index (χ1v) is 40.4. The number of ether oxygens (including phenoxy) is 5. The van der Waals surface area contributed by atoms with Gasteiger partial charge in [-0.15, -0.1) is 0 Å². The van der Waals surface area contributed by atoms with E-state index < -0.39 is 49.5 Å². The summed E-state index contributed by atoms with van der Waals surface area (Å²) in [6, 6.07) is 46.2. The van der Waals surface area contributed by atoms with Crippen LogP contribution in [0.3, 0.4) is 0 Å². The molecule has 5 fully saturated rings. The molecule has 0 saturated heterocycles. The maximum absolute atomic E-state index is 12.7. The van der Waals surface area contributed by atoms with Crippen LogP contribution < -0.4 is 0 Å². The van der Waals surface area contributed by atoms with Gasteiger partial charge in [0.15, 0.2) is 0 Å². The minimum absolute atomic E-state index is 0.0625. The summed E-state index contributed by atoms with van der Waals surface area (Å²) in [5.74, 6) is -0.326. The van der Waals surface area contributed by atoms with Crippen LogP contribution in [-0.4, -0.2) is 29.8 Å². The largest absolute Gasteiger partial charge is 0.454 e. The van der Waals surface area contributed by atoms with Crippen LogP contribution in [0, 0.1) is 40.9 Å². The normalized spacial score (nSPS) is 18.3. The Morgan fingerprint density at radius 3 is 0.615 bits per heavy atom. The van der Waals surface area contributed by atoms with Crippen molar-refractivity contribution in [1.82, 2.24) is 0 Å². The van der Waals surface area contributed by atoms with Crippen molar-refractivity contribution in [3.8, 4) is 0 Å². The molecule has 0 heterocycles. The Morgan fingerprint density at radius 2 is 0.433 bits per heavy atom. The fraction of sp³-hybridized carbons (Fsp3) is 0.628. The lowest BCUT2D eigenvalue weighted by molar-refractivity contribution is -0.177. The minimum Gasteiger partial charge on any atom is -0.454 e. The second-order valence-electron chi connectivity index (χ2n) is 35.5. The zero-order chi connectivity index (χ0) is 76.9. The molecule has 10 rings (SSSR count). The summed E-state index contributed by atoms with van der Waals surface area (Å²) in [7, 11) is 0. The fourth-order valence-electron chi connectivity index (χ4n) is 14.3. The van der Waals surface area contributed by atoms with Gasteiger partial charge in [-0.25, -0.2) is 0 Å². The van der Waals surface area contributed by atoms with Crippen LogP contribution in [0.4, 0.5) is 0 Å². The van der Waals surface area contributed by atoms with Crippen molar-refractivity contribution < 1.29 is 47.7 Å². The summed E-state index contributed by atoms with van der Waals surface area (Å²) in [5.41, 5.74) is 5.66. The molecule has 0 aliphatic heterocycles. The van der Waals surface area contributed by atoms with Gasteiger partial charge in [-0.05, 0) is 282 Å². The zero-order valence-electron chi connectivity index (χ0n) is 68.6. The predicted octanol–water partition coefficient (Wildman–Crippen LogP) is 25.3. The lowest BCUT2D eigenvalue weighted by Gasteiger charge is -2.39. The first kappa shape index (κ1) is 86.4. The van der Waals surface area contributed by atoms with Crippen LogP contribution in [0.25, 0.3) is 0 Å². The summed E-state index contributed by atoms with van der Waals surface area (Å²) >= 11 is 0. The average Bonchev–Trinajstić information content (AvgIpc) is 1.32. The highest BCUT2D eigenvalue weighted by Crippen LogP contribution is 2.49. The SMILES string of the molecule is CCC(C)(C)C(=O)OC1(c2ccc(C(C)(C)C)cc2)CCCCC1.CCC(C)(C)C(=O)OC1(c2ccc(C)cc2)CCCC1.CCC(C)(C)C(=O)OC1(c2ccc(C)cc2)CCCCC1.CCC(C)(C)C(=O)OC1(c2ccccc2)CCCC1.CCC(C)(C)C(=O)OC1(c2ccccc2)CCCCC1. The van der Waals surface area contributed by atoms with Gasteiger partial charge in [-0.2, -0.15) is 0 Å². The molecule has 574 valence electrons. The molecule has 0 unspecified atom stereocenters. The van der Waals surface area contributed by atoms with Gasteiger partial charge in [0.2, 0.25) is 0 Å². The Hall–Kier alpha value is -6.55.